The van der Waals surface area contributed by atoms with Gasteiger partial charge in [-0.3, -0.25) is 4.79 Å². The van der Waals surface area contributed by atoms with Gasteiger partial charge in [-0.05, 0) is 56.3 Å². The second-order valence-corrected chi connectivity index (χ2v) is 8.16. The molecule has 0 heterocycles. The van der Waals surface area contributed by atoms with E-state index >= 15 is 0 Å². The van der Waals surface area contributed by atoms with Gasteiger partial charge in [0.2, 0.25) is 12.2 Å². The van der Waals surface area contributed by atoms with Crippen LogP contribution in [0.5, 0.6) is 0 Å². The van der Waals surface area contributed by atoms with Crippen LogP contribution in [0.25, 0.3) is 0 Å². The first-order valence-corrected chi connectivity index (χ1v) is 10.9. The molecule has 0 saturated carbocycles. The van der Waals surface area contributed by atoms with Crippen LogP contribution in [-0.4, -0.2) is 41.1 Å². The molecule has 3 rings (SSSR count). The summed E-state index contributed by atoms with van der Waals surface area (Å²) < 4.78 is 10.4. The number of aryl methyl sites for hydroxylation is 2. The van der Waals surface area contributed by atoms with E-state index in [4.69, 9.17) is 21.1 Å². The molecule has 0 bridgehead atoms. The first kappa shape index (κ1) is 25.5. The Morgan fingerprint density at radius 1 is 0.771 bits per heavy atom. The summed E-state index contributed by atoms with van der Waals surface area (Å²) in [7, 11) is 0. The fourth-order valence-corrected chi connectivity index (χ4v) is 3.21. The van der Waals surface area contributed by atoms with E-state index in [0.29, 0.717) is 5.02 Å². The molecule has 1 amide bonds. The van der Waals surface area contributed by atoms with Crippen molar-refractivity contribution in [2.24, 2.45) is 0 Å². The molecule has 35 heavy (non-hydrogen) atoms. The summed E-state index contributed by atoms with van der Waals surface area (Å²) in [5, 5.41) is 12.6. The Kier molecular flexibility index (Phi) is 8.22. The van der Waals surface area contributed by atoms with Crippen LogP contribution >= 0.6 is 11.6 Å². The summed E-state index contributed by atoms with van der Waals surface area (Å²) in [5.41, 5.74) is 2.15. The molecule has 0 radical (unpaired) electrons. The van der Waals surface area contributed by atoms with Crippen molar-refractivity contribution < 1.29 is 33.8 Å². The predicted molar refractivity (Wildman–Crippen MR) is 128 cm³/mol. The van der Waals surface area contributed by atoms with E-state index in [0.717, 1.165) is 11.1 Å². The normalized spacial score (nSPS) is 12.2. The van der Waals surface area contributed by atoms with E-state index in [1.54, 1.807) is 36.4 Å². The number of carboxylic acid groups (broad SMARTS) is 1. The average Bonchev–Trinajstić information content (AvgIpc) is 2.81. The molecule has 0 aliphatic heterocycles. The van der Waals surface area contributed by atoms with Gasteiger partial charge < -0.3 is 19.9 Å². The summed E-state index contributed by atoms with van der Waals surface area (Å²) in [6.07, 6.45) is -4.13. The minimum absolute atomic E-state index is 0.0701. The van der Waals surface area contributed by atoms with E-state index in [9.17, 15) is 24.3 Å². The van der Waals surface area contributed by atoms with Crippen molar-refractivity contribution >= 4 is 41.1 Å². The number of hydrogen-bond donors (Lipinski definition) is 2. The molecule has 2 atom stereocenters. The van der Waals surface area contributed by atoms with Crippen LogP contribution in [-0.2, 0) is 19.1 Å². The first-order chi connectivity index (χ1) is 16.6. The highest BCUT2D eigenvalue weighted by molar-refractivity contribution is 6.30. The highest BCUT2D eigenvalue weighted by atomic mass is 35.5. The number of carbonyl (C=O) groups is 4. The summed E-state index contributed by atoms with van der Waals surface area (Å²) in [6.45, 7) is 3.64. The van der Waals surface area contributed by atoms with Crippen LogP contribution < -0.4 is 5.32 Å². The molecule has 2 N–H and O–H groups in total. The number of carbonyl (C=O) groups excluding carboxylic acids is 3. The van der Waals surface area contributed by atoms with Crippen molar-refractivity contribution in [3.8, 4) is 0 Å². The fraction of sp³-hybridized carbons (Fsp3) is 0.154. The number of amides is 1. The van der Waals surface area contributed by atoms with Gasteiger partial charge in [-0.25, -0.2) is 14.4 Å². The van der Waals surface area contributed by atoms with Gasteiger partial charge in [0.05, 0.1) is 11.1 Å². The monoisotopic (exact) mass is 495 g/mol. The lowest BCUT2D eigenvalue weighted by Crippen LogP contribution is -2.48. The van der Waals surface area contributed by atoms with Crippen LogP contribution in [0.4, 0.5) is 5.69 Å². The minimum atomic E-state index is -2.13. The predicted octanol–water partition coefficient (Wildman–Crippen LogP) is 4.43. The zero-order valence-electron chi connectivity index (χ0n) is 18.9. The molecule has 8 nitrogen and oxygen atoms in total. The van der Waals surface area contributed by atoms with Gasteiger partial charge in [0.25, 0.3) is 5.91 Å². The van der Waals surface area contributed by atoms with Crippen molar-refractivity contribution in [1.82, 2.24) is 0 Å². The lowest BCUT2D eigenvalue weighted by molar-refractivity contribution is -0.157. The Balaban J connectivity index is 1.90. The molecular weight excluding hydrogens is 474 g/mol. The van der Waals surface area contributed by atoms with Crippen LogP contribution in [0.2, 0.25) is 5.02 Å². The molecule has 0 spiro atoms. The van der Waals surface area contributed by atoms with Gasteiger partial charge in [0.15, 0.2) is 0 Å². The van der Waals surface area contributed by atoms with Crippen molar-refractivity contribution in [3.05, 3.63) is 100 Å². The number of aliphatic carboxylic acids is 1. The topological polar surface area (TPSA) is 119 Å². The number of ether oxygens (including phenoxy) is 2. The van der Waals surface area contributed by atoms with Crippen molar-refractivity contribution in [1.29, 1.82) is 0 Å². The molecule has 0 unspecified atom stereocenters. The van der Waals surface area contributed by atoms with E-state index in [-0.39, 0.29) is 16.8 Å². The van der Waals surface area contributed by atoms with E-state index in [1.807, 2.05) is 13.8 Å². The zero-order valence-corrected chi connectivity index (χ0v) is 19.6. The Morgan fingerprint density at radius 2 is 1.26 bits per heavy atom. The lowest BCUT2D eigenvalue weighted by Gasteiger charge is -2.23. The zero-order chi connectivity index (χ0) is 25.5. The number of benzene rings is 3. The standard InChI is InChI=1S/C26H22ClNO7/c1-15-6-10-17(11-7-15)25(32)34-21(23(29)28-20-5-3-4-19(27)14-20)22(24(30)31)35-26(33)18-12-8-16(2)9-13-18/h3-14,21-22H,1-2H3,(H,28,29)(H,30,31)/t21-,22+/m0/s1. The quantitative estimate of drug-likeness (QED) is 0.443. The summed E-state index contributed by atoms with van der Waals surface area (Å²) in [4.78, 5) is 50.5. The van der Waals surface area contributed by atoms with Crippen molar-refractivity contribution in [2.45, 2.75) is 26.1 Å². The molecule has 9 heteroatoms. The number of hydrogen-bond acceptors (Lipinski definition) is 6. The summed E-state index contributed by atoms with van der Waals surface area (Å²) in [6, 6.07) is 18.5. The average molecular weight is 496 g/mol. The molecule has 3 aromatic carbocycles. The molecule has 0 fully saturated rings. The maximum atomic E-state index is 13.1. The molecule has 0 aliphatic carbocycles. The van der Waals surface area contributed by atoms with E-state index < -0.39 is 36.0 Å². The number of rotatable bonds is 8. The van der Waals surface area contributed by atoms with Gasteiger partial charge in [-0.1, -0.05) is 53.1 Å². The Labute approximate surface area is 206 Å². The van der Waals surface area contributed by atoms with Crippen molar-refractivity contribution in [2.75, 3.05) is 5.32 Å². The maximum absolute atomic E-state index is 13.1. The Morgan fingerprint density at radius 3 is 1.71 bits per heavy atom. The first-order valence-electron chi connectivity index (χ1n) is 10.5. The lowest BCUT2D eigenvalue weighted by atomic mass is 10.1. The smallest absolute Gasteiger partial charge is 0.349 e. The van der Waals surface area contributed by atoms with Crippen LogP contribution in [0.15, 0.2) is 72.8 Å². The third-order valence-corrected chi connectivity index (χ3v) is 5.15. The second-order valence-electron chi connectivity index (χ2n) is 7.72. The van der Waals surface area contributed by atoms with E-state index in [2.05, 4.69) is 5.32 Å². The number of carboxylic acids is 1. The number of esters is 2. The minimum Gasteiger partial charge on any atom is -0.478 e. The Bertz CT molecular complexity index is 1240. The van der Waals surface area contributed by atoms with Gasteiger partial charge in [0, 0.05) is 10.7 Å². The highest BCUT2D eigenvalue weighted by Crippen LogP contribution is 2.19. The van der Waals surface area contributed by atoms with Crippen LogP contribution in [0.3, 0.4) is 0 Å². The molecule has 0 aromatic heterocycles. The van der Waals surface area contributed by atoms with Gasteiger partial charge in [0.1, 0.15) is 0 Å². The molecule has 180 valence electrons. The summed E-state index contributed by atoms with van der Waals surface area (Å²) in [5.74, 6) is -4.65. The number of anilines is 1. The third kappa shape index (κ3) is 6.91. The molecule has 0 aliphatic rings. The third-order valence-electron chi connectivity index (χ3n) is 4.91. The molecule has 3 aromatic rings. The van der Waals surface area contributed by atoms with Gasteiger partial charge >= 0.3 is 17.9 Å². The number of nitrogens with one attached hydrogen (secondary N) is 1. The number of halogens is 1. The largest absolute Gasteiger partial charge is 0.478 e. The van der Waals surface area contributed by atoms with Crippen LogP contribution in [0.1, 0.15) is 31.8 Å². The van der Waals surface area contributed by atoms with E-state index in [1.165, 1.54) is 36.4 Å². The van der Waals surface area contributed by atoms with Gasteiger partial charge in [-0.2, -0.15) is 0 Å². The van der Waals surface area contributed by atoms with Gasteiger partial charge in [-0.15, -0.1) is 0 Å². The Hall–Kier alpha value is -4.17. The van der Waals surface area contributed by atoms with Crippen LogP contribution in [0, 0.1) is 13.8 Å². The second kappa shape index (κ2) is 11.3. The summed E-state index contributed by atoms with van der Waals surface area (Å²) >= 11 is 5.95. The molecule has 0 saturated heterocycles. The van der Waals surface area contributed by atoms with Crippen molar-refractivity contribution in [3.63, 3.8) is 0 Å². The fourth-order valence-electron chi connectivity index (χ4n) is 3.02. The maximum Gasteiger partial charge on any atom is 0.349 e. The highest BCUT2D eigenvalue weighted by Gasteiger charge is 2.41. The molecular formula is C26H22ClNO7. The SMILES string of the molecule is Cc1ccc(C(=O)O[C@H](C(=O)Nc2cccc(Cl)c2)[C@@H](OC(=O)c2ccc(C)cc2)C(=O)O)cc1.